The maximum absolute atomic E-state index is 12.5. The van der Waals surface area contributed by atoms with E-state index in [2.05, 4.69) is 0 Å². The van der Waals surface area contributed by atoms with E-state index in [1.165, 1.54) is 31.0 Å². The lowest BCUT2D eigenvalue weighted by Gasteiger charge is -2.22. The minimum atomic E-state index is -0.535. The van der Waals surface area contributed by atoms with Crippen molar-refractivity contribution in [3.63, 3.8) is 0 Å². The van der Waals surface area contributed by atoms with Crippen LogP contribution in [0.4, 0.5) is 11.4 Å². The van der Waals surface area contributed by atoms with Crippen molar-refractivity contribution in [3.05, 3.63) is 33.9 Å². The van der Waals surface area contributed by atoms with E-state index >= 15 is 0 Å². The Kier molecular flexibility index (Phi) is 3.08. The van der Waals surface area contributed by atoms with Crippen molar-refractivity contribution in [1.29, 1.82) is 0 Å². The van der Waals surface area contributed by atoms with Crippen molar-refractivity contribution >= 4 is 17.3 Å². The molecule has 0 heterocycles. The predicted octanol–water partition coefficient (Wildman–Crippen LogP) is 2.19. The molecule has 3 rings (SSSR count). The van der Waals surface area contributed by atoms with Crippen LogP contribution in [-0.2, 0) is 0 Å². The zero-order valence-corrected chi connectivity index (χ0v) is 11.1. The number of hydrogen-bond donors (Lipinski definition) is 1. The van der Waals surface area contributed by atoms with Crippen LogP contribution in [0.5, 0.6) is 0 Å². The SMILES string of the molecule is Nc1cc(C(=O)N(CC2CC2)C2CC2)ccc1[N+](=O)[O-]. The fourth-order valence-corrected chi connectivity index (χ4v) is 2.38. The largest absolute Gasteiger partial charge is 0.393 e. The maximum Gasteiger partial charge on any atom is 0.292 e. The van der Waals surface area contributed by atoms with E-state index < -0.39 is 4.92 Å². The zero-order valence-electron chi connectivity index (χ0n) is 11.1. The number of carbonyl (C=O) groups is 1. The molecule has 2 saturated carbocycles. The van der Waals surface area contributed by atoms with Crippen LogP contribution in [-0.4, -0.2) is 28.3 Å². The van der Waals surface area contributed by atoms with Crippen molar-refractivity contribution < 1.29 is 9.72 Å². The highest BCUT2D eigenvalue weighted by atomic mass is 16.6. The number of nitrogen functional groups attached to an aromatic ring is 1. The summed E-state index contributed by atoms with van der Waals surface area (Å²) in [6.07, 6.45) is 4.50. The molecule has 1 amide bonds. The Morgan fingerprint density at radius 1 is 1.35 bits per heavy atom. The molecule has 0 saturated heterocycles. The molecule has 1 aromatic carbocycles. The fraction of sp³-hybridized carbons (Fsp3) is 0.500. The van der Waals surface area contributed by atoms with Gasteiger partial charge in [-0.05, 0) is 43.7 Å². The van der Waals surface area contributed by atoms with Gasteiger partial charge in [0.1, 0.15) is 5.69 Å². The van der Waals surface area contributed by atoms with Crippen LogP contribution in [0.25, 0.3) is 0 Å². The Morgan fingerprint density at radius 2 is 2.05 bits per heavy atom. The number of hydrogen-bond acceptors (Lipinski definition) is 4. The Bertz CT molecular complexity index is 565. The number of anilines is 1. The Labute approximate surface area is 116 Å². The van der Waals surface area contributed by atoms with E-state index in [0.29, 0.717) is 17.5 Å². The second kappa shape index (κ2) is 4.77. The molecule has 6 nitrogen and oxygen atoms in total. The summed E-state index contributed by atoms with van der Waals surface area (Å²) in [5.74, 6) is 0.580. The first-order valence-corrected chi connectivity index (χ1v) is 6.91. The molecule has 0 unspecified atom stereocenters. The van der Waals surface area contributed by atoms with Crippen LogP contribution in [0.1, 0.15) is 36.0 Å². The fourth-order valence-electron chi connectivity index (χ4n) is 2.38. The van der Waals surface area contributed by atoms with Gasteiger partial charge < -0.3 is 10.6 Å². The summed E-state index contributed by atoms with van der Waals surface area (Å²) < 4.78 is 0. The number of nitro benzene ring substituents is 1. The third-order valence-corrected chi connectivity index (χ3v) is 3.87. The molecule has 6 heteroatoms. The van der Waals surface area contributed by atoms with E-state index in [9.17, 15) is 14.9 Å². The summed E-state index contributed by atoms with van der Waals surface area (Å²) in [5, 5.41) is 10.7. The molecule has 2 aliphatic carbocycles. The average molecular weight is 275 g/mol. The van der Waals surface area contributed by atoms with Gasteiger partial charge in [0, 0.05) is 24.2 Å². The van der Waals surface area contributed by atoms with Crippen LogP contribution in [0.15, 0.2) is 18.2 Å². The summed E-state index contributed by atoms with van der Waals surface area (Å²) in [4.78, 5) is 24.6. The van der Waals surface area contributed by atoms with Crippen LogP contribution in [0, 0.1) is 16.0 Å². The average Bonchev–Trinajstić information content (AvgIpc) is 3.26. The topological polar surface area (TPSA) is 89.5 Å². The van der Waals surface area contributed by atoms with Gasteiger partial charge in [-0.15, -0.1) is 0 Å². The van der Waals surface area contributed by atoms with Crippen molar-refractivity contribution in [3.8, 4) is 0 Å². The number of nitrogens with two attached hydrogens (primary N) is 1. The van der Waals surface area contributed by atoms with Gasteiger partial charge >= 0.3 is 0 Å². The second-order valence-electron chi connectivity index (χ2n) is 5.66. The molecule has 0 radical (unpaired) electrons. The normalized spacial score (nSPS) is 17.8. The Morgan fingerprint density at radius 3 is 2.55 bits per heavy atom. The highest BCUT2D eigenvalue weighted by molar-refractivity contribution is 5.96. The number of rotatable bonds is 5. The molecule has 2 aliphatic rings. The van der Waals surface area contributed by atoms with Crippen molar-refractivity contribution in [2.24, 2.45) is 5.92 Å². The van der Waals surface area contributed by atoms with Gasteiger partial charge in [-0.3, -0.25) is 14.9 Å². The first kappa shape index (κ1) is 12.9. The molecule has 1 aromatic rings. The highest BCUT2D eigenvalue weighted by Gasteiger charge is 2.37. The van der Waals surface area contributed by atoms with Crippen molar-refractivity contribution in [1.82, 2.24) is 4.90 Å². The highest BCUT2D eigenvalue weighted by Crippen LogP contribution is 2.36. The molecule has 2 N–H and O–H groups in total. The van der Waals surface area contributed by atoms with Gasteiger partial charge in [0.25, 0.3) is 11.6 Å². The molecular formula is C14H17N3O3. The number of nitro groups is 1. The molecule has 0 bridgehead atoms. The lowest BCUT2D eigenvalue weighted by atomic mass is 10.1. The quantitative estimate of drug-likeness (QED) is 0.506. The van der Waals surface area contributed by atoms with Gasteiger partial charge in [0.15, 0.2) is 0 Å². The summed E-state index contributed by atoms with van der Waals surface area (Å²) in [7, 11) is 0. The third kappa shape index (κ3) is 2.59. The summed E-state index contributed by atoms with van der Waals surface area (Å²) in [6.45, 7) is 0.806. The smallest absolute Gasteiger partial charge is 0.292 e. The maximum atomic E-state index is 12.5. The van der Waals surface area contributed by atoms with Gasteiger partial charge in [0.05, 0.1) is 4.92 Å². The van der Waals surface area contributed by atoms with E-state index in [0.717, 1.165) is 19.4 Å². The Balaban J connectivity index is 1.81. The molecule has 0 aliphatic heterocycles. The molecular weight excluding hydrogens is 258 g/mol. The summed E-state index contributed by atoms with van der Waals surface area (Å²) in [6, 6.07) is 4.58. The molecule has 20 heavy (non-hydrogen) atoms. The molecule has 0 atom stereocenters. The van der Waals surface area contributed by atoms with Crippen molar-refractivity contribution in [2.45, 2.75) is 31.7 Å². The van der Waals surface area contributed by atoms with E-state index in [-0.39, 0.29) is 17.3 Å². The van der Waals surface area contributed by atoms with Gasteiger partial charge in [0.2, 0.25) is 0 Å². The van der Waals surface area contributed by atoms with Crippen LogP contribution < -0.4 is 5.73 Å². The number of carbonyl (C=O) groups excluding carboxylic acids is 1. The van der Waals surface area contributed by atoms with Gasteiger partial charge in [-0.2, -0.15) is 0 Å². The van der Waals surface area contributed by atoms with E-state index in [1.807, 2.05) is 4.90 Å². The Hall–Kier alpha value is -2.11. The third-order valence-electron chi connectivity index (χ3n) is 3.87. The molecule has 2 fully saturated rings. The van der Waals surface area contributed by atoms with E-state index in [4.69, 9.17) is 5.73 Å². The lowest BCUT2D eigenvalue weighted by Crippen LogP contribution is -2.34. The van der Waals surface area contributed by atoms with Crippen LogP contribution in [0.3, 0.4) is 0 Å². The van der Waals surface area contributed by atoms with Crippen LogP contribution >= 0.6 is 0 Å². The minimum absolute atomic E-state index is 0.0445. The predicted molar refractivity (Wildman–Crippen MR) is 74.3 cm³/mol. The minimum Gasteiger partial charge on any atom is -0.393 e. The van der Waals surface area contributed by atoms with Gasteiger partial charge in [-0.1, -0.05) is 0 Å². The lowest BCUT2D eigenvalue weighted by molar-refractivity contribution is -0.383. The number of nitrogens with zero attached hydrogens (tertiary/aromatic N) is 2. The van der Waals surface area contributed by atoms with E-state index in [1.54, 1.807) is 0 Å². The number of amides is 1. The monoisotopic (exact) mass is 275 g/mol. The first-order valence-electron chi connectivity index (χ1n) is 6.91. The van der Waals surface area contributed by atoms with Gasteiger partial charge in [-0.25, -0.2) is 0 Å². The first-order chi connectivity index (χ1) is 9.56. The van der Waals surface area contributed by atoms with Crippen LogP contribution in [0.2, 0.25) is 0 Å². The second-order valence-corrected chi connectivity index (χ2v) is 5.66. The molecule has 106 valence electrons. The summed E-state index contributed by atoms with van der Waals surface area (Å²) in [5.41, 5.74) is 5.99. The molecule has 0 aromatic heterocycles. The zero-order chi connectivity index (χ0) is 14.3. The summed E-state index contributed by atoms with van der Waals surface area (Å²) >= 11 is 0. The standard InChI is InChI=1S/C14H17N3O3/c15-12-7-10(3-6-13(12)17(19)20)14(18)16(11-4-5-11)8-9-1-2-9/h3,6-7,9,11H,1-2,4-5,8,15H2. The van der Waals surface area contributed by atoms with Crippen molar-refractivity contribution in [2.75, 3.05) is 12.3 Å². The molecule has 0 spiro atoms. The number of benzene rings is 1.